The minimum Gasteiger partial charge on any atom is -0.305 e. The molecule has 1 aliphatic carbocycles. The average Bonchev–Trinajstić information content (AvgIpc) is 2.43. The molecule has 0 N–H and O–H groups in total. The molecule has 0 bridgehead atoms. The molecule has 0 amide bonds. The van der Waals surface area contributed by atoms with Gasteiger partial charge in [0.1, 0.15) is 0 Å². The van der Waals surface area contributed by atoms with Crippen molar-refractivity contribution in [3.63, 3.8) is 0 Å². The van der Waals surface area contributed by atoms with Crippen LogP contribution in [0.4, 0.5) is 0 Å². The fourth-order valence-corrected chi connectivity index (χ4v) is 1.94. The van der Waals surface area contributed by atoms with Crippen LogP contribution in [0.5, 0.6) is 0 Å². The van der Waals surface area contributed by atoms with Crippen LogP contribution in [0.15, 0.2) is 4.99 Å². The maximum atomic E-state index is 9.86. The van der Waals surface area contributed by atoms with E-state index < -0.39 is 0 Å². The van der Waals surface area contributed by atoms with E-state index in [4.69, 9.17) is 0 Å². The van der Waals surface area contributed by atoms with Crippen LogP contribution in [0.25, 0.3) is 0 Å². The molecule has 1 saturated heterocycles. The highest BCUT2D eigenvalue weighted by Gasteiger charge is 2.60. The highest BCUT2D eigenvalue weighted by Crippen LogP contribution is 2.54. The quantitative estimate of drug-likeness (QED) is 0.378. The third kappa shape index (κ3) is 0.648. The smallest absolute Gasteiger partial charge is 0.235 e. The summed E-state index contributed by atoms with van der Waals surface area (Å²) in [6, 6.07) is 0.307. The van der Waals surface area contributed by atoms with Crippen molar-refractivity contribution in [1.29, 1.82) is 0 Å². The molecule has 1 saturated carbocycles. The Hall–Kier alpha value is -0.660. The molecule has 10 heavy (non-hydrogen) atoms. The molecule has 0 aromatic carbocycles. The number of carbonyl (C=O) groups excluding carboxylic acids is 1. The first-order valence-corrected chi connectivity index (χ1v) is 3.52. The number of likely N-dealkylation sites (tertiary alicyclic amines) is 1. The van der Waals surface area contributed by atoms with Crippen LogP contribution in [0.1, 0.15) is 6.42 Å². The van der Waals surface area contributed by atoms with Gasteiger partial charge in [0.15, 0.2) is 0 Å². The molecule has 1 spiro atoms. The maximum absolute atomic E-state index is 9.86. The first-order chi connectivity index (χ1) is 4.77. The van der Waals surface area contributed by atoms with Crippen LogP contribution in [-0.4, -0.2) is 37.2 Å². The number of rotatable bonds is 1. The van der Waals surface area contributed by atoms with E-state index in [2.05, 4.69) is 16.9 Å². The van der Waals surface area contributed by atoms with Gasteiger partial charge in [-0.2, -0.15) is 0 Å². The van der Waals surface area contributed by atoms with Crippen molar-refractivity contribution in [2.75, 3.05) is 20.1 Å². The molecule has 1 aliphatic heterocycles. The van der Waals surface area contributed by atoms with E-state index in [-0.39, 0.29) is 0 Å². The third-order valence-corrected chi connectivity index (χ3v) is 2.52. The second-order valence-electron chi connectivity index (χ2n) is 3.47. The van der Waals surface area contributed by atoms with E-state index in [1.165, 1.54) is 0 Å². The Labute approximate surface area is 59.7 Å². The molecule has 0 radical (unpaired) electrons. The van der Waals surface area contributed by atoms with Crippen LogP contribution in [0.3, 0.4) is 0 Å². The highest BCUT2D eigenvalue weighted by atomic mass is 16.1. The van der Waals surface area contributed by atoms with Crippen LogP contribution in [0.2, 0.25) is 0 Å². The van der Waals surface area contributed by atoms with Crippen molar-refractivity contribution in [2.45, 2.75) is 12.5 Å². The lowest BCUT2D eigenvalue weighted by Gasteiger charge is -2.36. The molecule has 2 rings (SSSR count). The van der Waals surface area contributed by atoms with Crippen molar-refractivity contribution in [2.24, 2.45) is 10.4 Å². The summed E-state index contributed by atoms with van der Waals surface area (Å²) >= 11 is 0. The first kappa shape index (κ1) is 6.08. The molecule has 3 nitrogen and oxygen atoms in total. The Morgan fingerprint density at radius 3 is 2.90 bits per heavy atom. The molecule has 1 heterocycles. The molecule has 1 atom stereocenters. The van der Waals surface area contributed by atoms with Crippen LogP contribution < -0.4 is 0 Å². The van der Waals surface area contributed by atoms with Crippen molar-refractivity contribution < 1.29 is 4.79 Å². The van der Waals surface area contributed by atoms with Gasteiger partial charge in [0.2, 0.25) is 6.08 Å². The number of hydrogen-bond acceptors (Lipinski definition) is 3. The van der Waals surface area contributed by atoms with Gasteiger partial charge in [-0.15, -0.1) is 0 Å². The van der Waals surface area contributed by atoms with Gasteiger partial charge in [-0.25, -0.2) is 9.79 Å². The lowest BCUT2D eigenvalue weighted by atomic mass is 9.97. The summed E-state index contributed by atoms with van der Waals surface area (Å²) in [6.45, 7) is 2.23. The first-order valence-electron chi connectivity index (χ1n) is 3.52. The summed E-state index contributed by atoms with van der Waals surface area (Å²) in [5.74, 6) is 0. The Morgan fingerprint density at radius 1 is 1.70 bits per heavy atom. The summed E-state index contributed by atoms with van der Waals surface area (Å²) in [4.78, 5) is 15.8. The fraction of sp³-hybridized carbons (Fsp3) is 0.857. The third-order valence-electron chi connectivity index (χ3n) is 2.52. The van der Waals surface area contributed by atoms with E-state index in [0.717, 1.165) is 19.5 Å². The number of nitrogens with zero attached hydrogens (tertiary/aromatic N) is 2. The average molecular weight is 138 g/mol. The molecule has 0 aromatic rings. The van der Waals surface area contributed by atoms with Crippen LogP contribution in [-0.2, 0) is 4.79 Å². The van der Waals surface area contributed by atoms with Gasteiger partial charge < -0.3 is 4.90 Å². The van der Waals surface area contributed by atoms with E-state index >= 15 is 0 Å². The summed E-state index contributed by atoms with van der Waals surface area (Å²) in [5, 5.41) is 0. The monoisotopic (exact) mass is 138 g/mol. The second kappa shape index (κ2) is 1.68. The molecular formula is C7H10N2O. The maximum Gasteiger partial charge on any atom is 0.235 e. The molecule has 2 fully saturated rings. The minimum absolute atomic E-state index is 0.307. The van der Waals surface area contributed by atoms with Gasteiger partial charge in [0.25, 0.3) is 0 Å². The lowest BCUT2D eigenvalue weighted by molar-refractivity contribution is 0.109. The van der Waals surface area contributed by atoms with Gasteiger partial charge in [0.05, 0.1) is 6.04 Å². The zero-order valence-corrected chi connectivity index (χ0v) is 6.00. The van der Waals surface area contributed by atoms with Crippen molar-refractivity contribution in [1.82, 2.24) is 4.90 Å². The second-order valence-corrected chi connectivity index (χ2v) is 3.47. The van der Waals surface area contributed by atoms with E-state index in [1.807, 2.05) is 0 Å². The van der Waals surface area contributed by atoms with Gasteiger partial charge in [-0.3, -0.25) is 0 Å². The fourth-order valence-electron chi connectivity index (χ4n) is 1.94. The molecule has 1 unspecified atom stereocenters. The Kier molecular flexibility index (Phi) is 1.02. The molecule has 0 aromatic heterocycles. The number of isocyanates is 1. The predicted molar refractivity (Wildman–Crippen MR) is 36.5 cm³/mol. The van der Waals surface area contributed by atoms with E-state index in [0.29, 0.717) is 11.5 Å². The SMILES string of the molecule is CN1CC2(CC2N=C=O)C1. The normalized spacial score (nSPS) is 34.7. The van der Waals surface area contributed by atoms with Crippen molar-refractivity contribution in [3.8, 4) is 0 Å². The summed E-state index contributed by atoms with van der Waals surface area (Å²) in [5.41, 5.74) is 0.409. The van der Waals surface area contributed by atoms with Crippen molar-refractivity contribution >= 4 is 6.08 Å². The van der Waals surface area contributed by atoms with Gasteiger partial charge >= 0.3 is 0 Å². The van der Waals surface area contributed by atoms with Crippen LogP contribution in [0, 0.1) is 5.41 Å². The zero-order chi connectivity index (χ0) is 7.19. The Balaban J connectivity index is 1.95. The Morgan fingerprint density at radius 2 is 2.40 bits per heavy atom. The summed E-state index contributed by atoms with van der Waals surface area (Å²) < 4.78 is 0. The number of hydrogen-bond donors (Lipinski definition) is 0. The molecular weight excluding hydrogens is 128 g/mol. The Bertz CT molecular complexity index is 202. The van der Waals surface area contributed by atoms with Gasteiger partial charge in [0, 0.05) is 18.5 Å². The minimum atomic E-state index is 0.307. The van der Waals surface area contributed by atoms with Crippen LogP contribution >= 0.6 is 0 Å². The summed E-state index contributed by atoms with van der Waals surface area (Å²) in [6.07, 6.45) is 2.73. The molecule has 54 valence electrons. The van der Waals surface area contributed by atoms with Gasteiger partial charge in [-0.1, -0.05) is 0 Å². The van der Waals surface area contributed by atoms with Gasteiger partial charge in [-0.05, 0) is 13.5 Å². The highest BCUT2D eigenvalue weighted by molar-refractivity contribution is 5.36. The summed E-state index contributed by atoms with van der Waals surface area (Å²) in [7, 11) is 2.09. The predicted octanol–water partition coefficient (Wildman–Crippen LogP) is 0.0263. The zero-order valence-electron chi connectivity index (χ0n) is 6.00. The topological polar surface area (TPSA) is 32.7 Å². The molecule has 2 aliphatic rings. The molecule has 3 heteroatoms. The number of aliphatic imine (C=N–C) groups is 1. The largest absolute Gasteiger partial charge is 0.305 e. The van der Waals surface area contributed by atoms with Crippen molar-refractivity contribution in [3.05, 3.63) is 0 Å². The lowest BCUT2D eigenvalue weighted by Crippen LogP contribution is -2.47. The van der Waals surface area contributed by atoms with E-state index in [9.17, 15) is 4.79 Å². The standard InChI is InChI=1S/C7H10N2O/c1-9-3-7(4-9)2-6(7)8-5-10/h6H,2-4H2,1H3. The van der Waals surface area contributed by atoms with E-state index in [1.54, 1.807) is 6.08 Å².